The Morgan fingerprint density at radius 3 is 2.75 bits per heavy atom. The maximum absolute atomic E-state index is 5.49. The summed E-state index contributed by atoms with van der Waals surface area (Å²) >= 11 is 0. The first-order valence-electron chi connectivity index (χ1n) is 5.40. The third-order valence-corrected chi connectivity index (χ3v) is 2.57. The van der Waals surface area contributed by atoms with Gasteiger partial charge in [0.1, 0.15) is 5.76 Å². The van der Waals surface area contributed by atoms with E-state index in [4.69, 9.17) is 10.2 Å². The van der Waals surface area contributed by atoms with Crippen molar-refractivity contribution in [2.75, 3.05) is 0 Å². The molecule has 3 heteroatoms. The summed E-state index contributed by atoms with van der Waals surface area (Å²) in [7, 11) is 0. The van der Waals surface area contributed by atoms with Crippen LogP contribution in [-0.4, -0.2) is 4.98 Å². The Kier molecular flexibility index (Phi) is 3.06. The lowest BCUT2D eigenvalue weighted by Gasteiger charge is -2.00. The van der Waals surface area contributed by atoms with Gasteiger partial charge in [0, 0.05) is 6.42 Å². The van der Waals surface area contributed by atoms with Crippen LogP contribution in [0.4, 0.5) is 0 Å². The number of nitrogens with two attached hydrogens (primary N) is 1. The number of aromatic nitrogens is 1. The third kappa shape index (κ3) is 2.31. The molecule has 1 heterocycles. The highest BCUT2D eigenvalue weighted by molar-refractivity contribution is 5.27. The van der Waals surface area contributed by atoms with Crippen molar-refractivity contribution >= 4 is 0 Å². The van der Waals surface area contributed by atoms with Crippen LogP contribution in [0.5, 0.6) is 0 Å². The number of rotatable bonds is 3. The molecule has 0 saturated heterocycles. The van der Waals surface area contributed by atoms with Gasteiger partial charge in [-0.05, 0) is 19.4 Å². The van der Waals surface area contributed by atoms with Crippen molar-refractivity contribution < 1.29 is 4.42 Å². The fraction of sp³-hybridized carbons (Fsp3) is 0.308. The standard InChI is InChI=1S/C13H16N2O/c1-9-4-3-5-11(6-9)7-12-10(2)16-13(8-14)15-12/h3-6H,7-8,14H2,1-2H3. The molecule has 0 spiro atoms. The summed E-state index contributed by atoms with van der Waals surface area (Å²) in [6.45, 7) is 4.37. The van der Waals surface area contributed by atoms with E-state index in [1.54, 1.807) is 0 Å². The summed E-state index contributed by atoms with van der Waals surface area (Å²) in [6, 6.07) is 8.41. The Hall–Kier alpha value is -1.61. The van der Waals surface area contributed by atoms with E-state index in [1.807, 2.05) is 6.92 Å². The second-order valence-corrected chi connectivity index (χ2v) is 3.98. The highest BCUT2D eigenvalue weighted by Crippen LogP contribution is 2.15. The Morgan fingerprint density at radius 1 is 1.31 bits per heavy atom. The minimum absolute atomic E-state index is 0.356. The van der Waals surface area contributed by atoms with Gasteiger partial charge in [-0.2, -0.15) is 0 Å². The van der Waals surface area contributed by atoms with Crippen LogP contribution in [0.1, 0.15) is 28.5 Å². The predicted molar refractivity (Wildman–Crippen MR) is 63.1 cm³/mol. The van der Waals surface area contributed by atoms with Crippen LogP contribution in [0.2, 0.25) is 0 Å². The molecule has 2 rings (SSSR count). The van der Waals surface area contributed by atoms with Crippen molar-refractivity contribution in [1.29, 1.82) is 0 Å². The second kappa shape index (κ2) is 4.49. The summed E-state index contributed by atoms with van der Waals surface area (Å²) in [5.74, 6) is 1.47. The lowest BCUT2D eigenvalue weighted by Crippen LogP contribution is -1.97. The van der Waals surface area contributed by atoms with Gasteiger partial charge >= 0.3 is 0 Å². The molecular formula is C13H16N2O. The van der Waals surface area contributed by atoms with E-state index in [2.05, 4.69) is 36.2 Å². The monoisotopic (exact) mass is 216 g/mol. The lowest BCUT2D eigenvalue weighted by atomic mass is 10.1. The molecule has 0 fully saturated rings. The van der Waals surface area contributed by atoms with Gasteiger partial charge in [-0.15, -0.1) is 0 Å². The van der Waals surface area contributed by atoms with Gasteiger partial charge in [-0.1, -0.05) is 29.8 Å². The van der Waals surface area contributed by atoms with Crippen molar-refractivity contribution in [1.82, 2.24) is 4.98 Å². The zero-order chi connectivity index (χ0) is 11.5. The SMILES string of the molecule is Cc1cccc(Cc2nc(CN)oc2C)c1. The topological polar surface area (TPSA) is 52.0 Å². The Labute approximate surface area is 95.3 Å². The van der Waals surface area contributed by atoms with Crippen LogP contribution in [0.3, 0.4) is 0 Å². The molecule has 0 amide bonds. The van der Waals surface area contributed by atoms with Gasteiger partial charge in [-0.3, -0.25) is 0 Å². The van der Waals surface area contributed by atoms with Gasteiger partial charge in [0.15, 0.2) is 0 Å². The molecule has 0 saturated carbocycles. The minimum Gasteiger partial charge on any atom is -0.444 e. The Bertz CT molecular complexity index is 488. The smallest absolute Gasteiger partial charge is 0.208 e. The average Bonchev–Trinajstić information content (AvgIpc) is 2.60. The molecule has 0 aliphatic carbocycles. The molecule has 1 aromatic heterocycles. The normalized spacial score (nSPS) is 10.7. The molecule has 0 unspecified atom stereocenters. The first kappa shape index (κ1) is 10.9. The highest BCUT2D eigenvalue weighted by Gasteiger charge is 2.08. The van der Waals surface area contributed by atoms with Crippen molar-refractivity contribution in [3.63, 3.8) is 0 Å². The number of oxazole rings is 1. The molecule has 0 bridgehead atoms. The number of hydrogen-bond donors (Lipinski definition) is 1. The van der Waals surface area contributed by atoms with Gasteiger partial charge in [0.05, 0.1) is 12.2 Å². The summed E-state index contributed by atoms with van der Waals surface area (Å²) in [6.07, 6.45) is 0.803. The molecule has 0 atom stereocenters. The van der Waals surface area contributed by atoms with Gasteiger partial charge in [-0.25, -0.2) is 4.98 Å². The van der Waals surface area contributed by atoms with E-state index in [-0.39, 0.29) is 0 Å². The van der Waals surface area contributed by atoms with Crippen LogP contribution in [0.15, 0.2) is 28.7 Å². The Balaban J connectivity index is 2.23. The van der Waals surface area contributed by atoms with Crippen molar-refractivity contribution in [3.8, 4) is 0 Å². The molecule has 3 nitrogen and oxygen atoms in total. The fourth-order valence-corrected chi connectivity index (χ4v) is 1.75. The molecule has 0 radical (unpaired) electrons. The lowest BCUT2D eigenvalue weighted by molar-refractivity contribution is 0.473. The van der Waals surface area contributed by atoms with Crippen LogP contribution in [-0.2, 0) is 13.0 Å². The molecular weight excluding hydrogens is 200 g/mol. The summed E-state index contributed by atoms with van der Waals surface area (Å²) < 4.78 is 5.43. The molecule has 84 valence electrons. The predicted octanol–water partition coefficient (Wildman–Crippen LogP) is 2.34. The Morgan fingerprint density at radius 2 is 2.12 bits per heavy atom. The quantitative estimate of drug-likeness (QED) is 0.856. The maximum Gasteiger partial charge on any atom is 0.208 e. The average molecular weight is 216 g/mol. The fourth-order valence-electron chi connectivity index (χ4n) is 1.75. The first-order chi connectivity index (χ1) is 7.69. The summed E-state index contributed by atoms with van der Waals surface area (Å²) in [5, 5.41) is 0. The second-order valence-electron chi connectivity index (χ2n) is 3.98. The third-order valence-electron chi connectivity index (χ3n) is 2.57. The zero-order valence-electron chi connectivity index (χ0n) is 9.66. The van der Waals surface area contributed by atoms with E-state index in [9.17, 15) is 0 Å². The molecule has 2 N–H and O–H groups in total. The van der Waals surface area contributed by atoms with E-state index >= 15 is 0 Å². The van der Waals surface area contributed by atoms with E-state index in [0.717, 1.165) is 17.9 Å². The van der Waals surface area contributed by atoms with Crippen LogP contribution in [0, 0.1) is 13.8 Å². The summed E-state index contributed by atoms with van der Waals surface area (Å²) in [4.78, 5) is 4.36. The number of nitrogens with zero attached hydrogens (tertiary/aromatic N) is 1. The molecule has 2 aromatic rings. The van der Waals surface area contributed by atoms with Gasteiger partial charge in [0.2, 0.25) is 5.89 Å². The van der Waals surface area contributed by atoms with E-state index in [1.165, 1.54) is 11.1 Å². The first-order valence-corrected chi connectivity index (χ1v) is 5.40. The van der Waals surface area contributed by atoms with Crippen molar-refractivity contribution in [3.05, 3.63) is 52.7 Å². The summed E-state index contributed by atoms with van der Waals surface area (Å²) in [5.41, 5.74) is 8.98. The van der Waals surface area contributed by atoms with Gasteiger partial charge in [0.25, 0.3) is 0 Å². The van der Waals surface area contributed by atoms with Crippen LogP contribution in [0.25, 0.3) is 0 Å². The molecule has 1 aromatic carbocycles. The van der Waals surface area contributed by atoms with Crippen molar-refractivity contribution in [2.24, 2.45) is 5.73 Å². The highest BCUT2D eigenvalue weighted by atomic mass is 16.4. The molecule has 16 heavy (non-hydrogen) atoms. The van der Waals surface area contributed by atoms with Crippen molar-refractivity contribution in [2.45, 2.75) is 26.8 Å². The van der Waals surface area contributed by atoms with E-state index in [0.29, 0.717) is 12.4 Å². The minimum atomic E-state index is 0.356. The van der Waals surface area contributed by atoms with E-state index < -0.39 is 0 Å². The number of hydrogen-bond acceptors (Lipinski definition) is 3. The maximum atomic E-state index is 5.49. The van der Waals surface area contributed by atoms with Crippen LogP contribution >= 0.6 is 0 Å². The number of aryl methyl sites for hydroxylation is 2. The molecule has 0 aliphatic heterocycles. The van der Waals surface area contributed by atoms with Crippen LogP contribution < -0.4 is 5.73 Å². The van der Waals surface area contributed by atoms with Gasteiger partial charge < -0.3 is 10.2 Å². The zero-order valence-corrected chi connectivity index (χ0v) is 9.66. The molecule has 0 aliphatic rings. The number of benzene rings is 1. The largest absolute Gasteiger partial charge is 0.444 e.